The molecule has 0 aromatic carbocycles. The summed E-state index contributed by atoms with van der Waals surface area (Å²) in [4.78, 5) is 11.4. The van der Waals surface area contributed by atoms with Crippen LogP contribution in [0.25, 0.3) is 0 Å². The third-order valence-electron chi connectivity index (χ3n) is 3.08. The minimum absolute atomic E-state index is 0.298. The van der Waals surface area contributed by atoms with Crippen LogP contribution in [0.3, 0.4) is 0 Å². The summed E-state index contributed by atoms with van der Waals surface area (Å²) in [6.45, 7) is 0.843. The molecule has 2 fully saturated rings. The molecule has 0 atom stereocenters. The Kier molecular flexibility index (Phi) is 2.83. The molecule has 1 aliphatic carbocycles. The van der Waals surface area contributed by atoms with E-state index in [1.807, 2.05) is 5.01 Å². The summed E-state index contributed by atoms with van der Waals surface area (Å²) in [5.74, 6) is 0.298. The van der Waals surface area contributed by atoms with E-state index in [1.165, 1.54) is 38.5 Å². The van der Waals surface area contributed by atoms with Crippen LogP contribution in [-0.2, 0) is 4.79 Å². The summed E-state index contributed by atoms with van der Waals surface area (Å²) in [7, 11) is 0. The van der Waals surface area contributed by atoms with Crippen molar-refractivity contribution in [1.82, 2.24) is 10.4 Å². The van der Waals surface area contributed by atoms with E-state index in [4.69, 9.17) is 0 Å². The average molecular weight is 182 g/mol. The Hall–Kier alpha value is -0.570. The van der Waals surface area contributed by atoms with Crippen molar-refractivity contribution in [2.24, 2.45) is 0 Å². The fraction of sp³-hybridized carbons (Fsp3) is 0.900. The molecule has 0 radical (unpaired) electrons. The summed E-state index contributed by atoms with van der Waals surface area (Å²) < 4.78 is 0. The van der Waals surface area contributed by atoms with Gasteiger partial charge in [-0.2, -0.15) is 0 Å². The maximum absolute atomic E-state index is 11.4. The topological polar surface area (TPSA) is 32.3 Å². The van der Waals surface area contributed by atoms with Gasteiger partial charge in [0, 0.05) is 19.0 Å². The Morgan fingerprint density at radius 2 is 1.85 bits per heavy atom. The third kappa shape index (κ3) is 2.02. The van der Waals surface area contributed by atoms with E-state index in [1.54, 1.807) is 0 Å². The number of rotatable bonds is 1. The highest BCUT2D eigenvalue weighted by Gasteiger charge is 2.27. The Bertz CT molecular complexity index is 185. The Morgan fingerprint density at radius 1 is 1.15 bits per heavy atom. The number of carbonyl (C=O) groups is 1. The second kappa shape index (κ2) is 4.09. The number of hydrogen-bond acceptors (Lipinski definition) is 2. The van der Waals surface area contributed by atoms with Gasteiger partial charge in [-0.1, -0.05) is 25.7 Å². The van der Waals surface area contributed by atoms with Gasteiger partial charge in [-0.3, -0.25) is 9.80 Å². The molecular weight excluding hydrogens is 164 g/mol. The van der Waals surface area contributed by atoms with Gasteiger partial charge < -0.3 is 0 Å². The lowest BCUT2D eigenvalue weighted by molar-refractivity contribution is -0.132. The highest BCUT2D eigenvalue weighted by atomic mass is 16.2. The minimum atomic E-state index is 0.298. The largest absolute Gasteiger partial charge is 0.275 e. The summed E-state index contributed by atoms with van der Waals surface area (Å²) in [5, 5.41) is 1.89. The lowest BCUT2D eigenvalue weighted by Crippen LogP contribution is -2.42. The minimum Gasteiger partial charge on any atom is -0.275 e. The Morgan fingerprint density at radius 3 is 2.38 bits per heavy atom. The number of hydrogen-bond donors (Lipinski definition) is 1. The van der Waals surface area contributed by atoms with Gasteiger partial charge in [-0.15, -0.1) is 0 Å². The maximum atomic E-state index is 11.4. The Labute approximate surface area is 79.5 Å². The number of amides is 1. The van der Waals surface area contributed by atoms with Crippen molar-refractivity contribution in [3.8, 4) is 0 Å². The molecule has 0 spiro atoms. The molecule has 0 aromatic heterocycles. The van der Waals surface area contributed by atoms with Crippen LogP contribution in [0.1, 0.15) is 44.9 Å². The van der Waals surface area contributed by atoms with Crippen molar-refractivity contribution >= 4 is 5.91 Å². The SMILES string of the molecule is O=C1CCNN1C1CCCCCC1. The molecule has 1 saturated carbocycles. The zero-order chi connectivity index (χ0) is 9.10. The normalized spacial score (nSPS) is 26.5. The summed E-state index contributed by atoms with van der Waals surface area (Å²) in [6.07, 6.45) is 8.34. The molecule has 0 bridgehead atoms. The van der Waals surface area contributed by atoms with Crippen molar-refractivity contribution in [2.45, 2.75) is 51.0 Å². The molecule has 3 heteroatoms. The highest BCUT2D eigenvalue weighted by molar-refractivity contribution is 5.77. The van der Waals surface area contributed by atoms with Gasteiger partial charge in [-0.25, -0.2) is 5.43 Å². The first kappa shape index (κ1) is 9.00. The van der Waals surface area contributed by atoms with Crippen LogP contribution in [0.5, 0.6) is 0 Å². The van der Waals surface area contributed by atoms with Crippen LogP contribution in [0.15, 0.2) is 0 Å². The summed E-state index contributed by atoms with van der Waals surface area (Å²) in [6, 6.07) is 0.484. The first-order chi connectivity index (χ1) is 6.38. The standard InChI is InChI=1S/C10H18N2O/c13-10-7-8-11-12(10)9-5-3-1-2-4-6-9/h9,11H,1-8H2. The van der Waals surface area contributed by atoms with Crippen molar-refractivity contribution in [2.75, 3.05) is 6.54 Å². The maximum Gasteiger partial charge on any atom is 0.238 e. The van der Waals surface area contributed by atoms with Crippen LogP contribution in [0.2, 0.25) is 0 Å². The van der Waals surface area contributed by atoms with E-state index in [0.29, 0.717) is 18.4 Å². The zero-order valence-corrected chi connectivity index (χ0v) is 8.09. The van der Waals surface area contributed by atoms with E-state index in [2.05, 4.69) is 5.43 Å². The second-order valence-corrected chi connectivity index (χ2v) is 4.07. The summed E-state index contributed by atoms with van der Waals surface area (Å²) >= 11 is 0. The Balaban J connectivity index is 1.93. The van der Waals surface area contributed by atoms with Crippen molar-refractivity contribution in [3.63, 3.8) is 0 Å². The molecule has 2 aliphatic rings. The summed E-state index contributed by atoms with van der Waals surface area (Å²) in [5.41, 5.74) is 3.19. The van der Waals surface area contributed by atoms with Crippen molar-refractivity contribution < 1.29 is 4.79 Å². The van der Waals surface area contributed by atoms with Gasteiger partial charge >= 0.3 is 0 Å². The molecule has 13 heavy (non-hydrogen) atoms. The first-order valence-electron chi connectivity index (χ1n) is 5.43. The van der Waals surface area contributed by atoms with Gasteiger partial charge in [0.05, 0.1) is 0 Å². The van der Waals surface area contributed by atoms with Crippen LogP contribution in [0, 0.1) is 0 Å². The molecular formula is C10H18N2O. The molecule has 0 unspecified atom stereocenters. The fourth-order valence-electron chi connectivity index (χ4n) is 2.34. The molecule has 1 N–H and O–H groups in total. The molecule has 1 aliphatic heterocycles. The van der Waals surface area contributed by atoms with E-state index in [0.717, 1.165) is 6.54 Å². The molecule has 1 heterocycles. The fourth-order valence-corrected chi connectivity index (χ4v) is 2.34. The smallest absolute Gasteiger partial charge is 0.238 e. The van der Waals surface area contributed by atoms with Crippen LogP contribution in [-0.4, -0.2) is 23.5 Å². The first-order valence-corrected chi connectivity index (χ1v) is 5.43. The average Bonchev–Trinajstić information content (AvgIpc) is 2.43. The number of nitrogens with zero attached hydrogens (tertiary/aromatic N) is 1. The lowest BCUT2D eigenvalue weighted by Gasteiger charge is -2.26. The van der Waals surface area contributed by atoms with Gasteiger partial charge in [-0.05, 0) is 12.8 Å². The van der Waals surface area contributed by atoms with E-state index in [-0.39, 0.29) is 0 Å². The monoisotopic (exact) mass is 182 g/mol. The van der Waals surface area contributed by atoms with E-state index >= 15 is 0 Å². The van der Waals surface area contributed by atoms with Gasteiger partial charge in [0.25, 0.3) is 0 Å². The van der Waals surface area contributed by atoms with Crippen LogP contribution < -0.4 is 5.43 Å². The number of carbonyl (C=O) groups excluding carboxylic acids is 1. The van der Waals surface area contributed by atoms with Gasteiger partial charge in [0.1, 0.15) is 0 Å². The van der Waals surface area contributed by atoms with E-state index < -0.39 is 0 Å². The molecule has 1 saturated heterocycles. The number of hydrazine groups is 1. The van der Waals surface area contributed by atoms with Gasteiger partial charge in [0.2, 0.25) is 5.91 Å². The lowest BCUT2D eigenvalue weighted by atomic mass is 10.1. The molecule has 74 valence electrons. The molecule has 2 rings (SSSR count). The van der Waals surface area contributed by atoms with Crippen LogP contribution >= 0.6 is 0 Å². The predicted molar refractivity (Wildman–Crippen MR) is 51.0 cm³/mol. The second-order valence-electron chi connectivity index (χ2n) is 4.07. The molecule has 0 aromatic rings. The van der Waals surface area contributed by atoms with Crippen LogP contribution in [0.4, 0.5) is 0 Å². The highest BCUT2D eigenvalue weighted by Crippen LogP contribution is 2.22. The predicted octanol–water partition coefficient (Wildman–Crippen LogP) is 1.45. The zero-order valence-electron chi connectivity index (χ0n) is 8.09. The molecule has 1 amide bonds. The van der Waals surface area contributed by atoms with E-state index in [9.17, 15) is 4.79 Å². The van der Waals surface area contributed by atoms with Crippen molar-refractivity contribution in [3.05, 3.63) is 0 Å². The van der Waals surface area contributed by atoms with Crippen molar-refractivity contribution in [1.29, 1.82) is 0 Å². The van der Waals surface area contributed by atoms with Gasteiger partial charge in [0.15, 0.2) is 0 Å². The molecule has 3 nitrogen and oxygen atoms in total. The third-order valence-corrected chi connectivity index (χ3v) is 3.08. The quantitative estimate of drug-likeness (QED) is 0.622. The number of nitrogens with one attached hydrogen (secondary N) is 1.